The van der Waals surface area contributed by atoms with Gasteiger partial charge in [-0.2, -0.15) is 4.31 Å². The smallest absolute Gasteiger partial charge is 0.243 e. The number of aryl methyl sites for hydroxylation is 1. The van der Waals surface area contributed by atoms with E-state index in [1.807, 2.05) is 6.92 Å². The van der Waals surface area contributed by atoms with Crippen LogP contribution in [0.4, 0.5) is 5.69 Å². The van der Waals surface area contributed by atoms with Gasteiger partial charge in [0, 0.05) is 25.8 Å². The second-order valence-corrected chi connectivity index (χ2v) is 7.78. The Morgan fingerprint density at radius 3 is 2.48 bits per heavy atom. The van der Waals surface area contributed by atoms with Crippen LogP contribution in [0.2, 0.25) is 0 Å². The summed E-state index contributed by atoms with van der Waals surface area (Å²) >= 11 is 0. The van der Waals surface area contributed by atoms with Crippen LogP contribution in [0.3, 0.4) is 0 Å². The van der Waals surface area contributed by atoms with Crippen LogP contribution in [-0.2, 0) is 10.0 Å². The average molecular weight is 311 g/mol. The van der Waals surface area contributed by atoms with Gasteiger partial charge >= 0.3 is 0 Å². The molecule has 1 aromatic rings. The van der Waals surface area contributed by atoms with Gasteiger partial charge in [-0.3, -0.25) is 0 Å². The topological polar surface area (TPSA) is 66.6 Å². The van der Waals surface area contributed by atoms with Gasteiger partial charge in [-0.05, 0) is 57.0 Å². The Bertz CT molecular complexity index is 608. The number of nitrogens with zero attached hydrogens (tertiary/aromatic N) is 2. The molecule has 21 heavy (non-hydrogen) atoms. The van der Waals surface area contributed by atoms with Crippen molar-refractivity contribution in [3.63, 3.8) is 0 Å². The van der Waals surface area contributed by atoms with Gasteiger partial charge in [0.05, 0.1) is 4.90 Å². The molecule has 5 nitrogen and oxygen atoms in total. The zero-order valence-electron chi connectivity index (χ0n) is 13.1. The largest absolute Gasteiger partial charge is 0.398 e. The van der Waals surface area contributed by atoms with E-state index in [0.717, 1.165) is 25.2 Å². The molecule has 1 aliphatic rings. The summed E-state index contributed by atoms with van der Waals surface area (Å²) in [5.74, 6) is 0. The van der Waals surface area contributed by atoms with Gasteiger partial charge in [-0.15, -0.1) is 0 Å². The van der Waals surface area contributed by atoms with Crippen LogP contribution in [0.1, 0.15) is 24.0 Å². The number of anilines is 1. The third kappa shape index (κ3) is 3.39. The van der Waals surface area contributed by atoms with Gasteiger partial charge < -0.3 is 10.6 Å². The fraction of sp³-hybridized carbons (Fsp3) is 0.600. The molecule has 0 atom stereocenters. The van der Waals surface area contributed by atoms with Crippen LogP contribution in [0.25, 0.3) is 0 Å². The molecule has 1 aliphatic heterocycles. The molecule has 0 bridgehead atoms. The summed E-state index contributed by atoms with van der Waals surface area (Å²) in [5.41, 5.74) is 7.78. The van der Waals surface area contributed by atoms with E-state index in [4.69, 9.17) is 5.73 Å². The molecule has 0 unspecified atom stereocenters. The van der Waals surface area contributed by atoms with Gasteiger partial charge in [-0.1, -0.05) is 6.07 Å². The van der Waals surface area contributed by atoms with Gasteiger partial charge in [0.2, 0.25) is 10.0 Å². The van der Waals surface area contributed by atoms with Gasteiger partial charge in [0.1, 0.15) is 0 Å². The molecular formula is C15H25N3O2S. The Morgan fingerprint density at radius 1 is 1.24 bits per heavy atom. The Labute approximate surface area is 127 Å². The van der Waals surface area contributed by atoms with Crippen molar-refractivity contribution in [2.24, 2.45) is 0 Å². The SMILES string of the molecule is Cc1ccc(N)c(C)c1S(=O)(=O)N(C)CCN1CCCC1. The normalized spacial score (nSPS) is 16.8. The lowest BCUT2D eigenvalue weighted by Crippen LogP contribution is -2.35. The van der Waals surface area contributed by atoms with E-state index in [1.165, 1.54) is 17.1 Å². The molecule has 0 radical (unpaired) electrons. The first-order valence-corrected chi connectivity index (χ1v) is 8.82. The zero-order valence-corrected chi connectivity index (χ0v) is 13.9. The zero-order chi connectivity index (χ0) is 15.6. The van der Waals surface area contributed by atoms with Crippen molar-refractivity contribution in [2.45, 2.75) is 31.6 Å². The molecule has 0 aromatic heterocycles. The maximum atomic E-state index is 12.8. The lowest BCUT2D eigenvalue weighted by atomic mass is 10.1. The number of nitrogens with two attached hydrogens (primary N) is 1. The maximum absolute atomic E-state index is 12.8. The van der Waals surface area contributed by atoms with Crippen LogP contribution in [0.5, 0.6) is 0 Å². The number of likely N-dealkylation sites (tertiary alicyclic amines) is 1. The fourth-order valence-corrected chi connectivity index (χ4v) is 4.42. The molecule has 118 valence electrons. The third-order valence-electron chi connectivity index (χ3n) is 4.24. The summed E-state index contributed by atoms with van der Waals surface area (Å²) in [7, 11) is -1.84. The fourth-order valence-electron chi connectivity index (χ4n) is 2.80. The van der Waals surface area contributed by atoms with Gasteiger partial charge in [0.15, 0.2) is 0 Å². The molecule has 1 fully saturated rings. The summed E-state index contributed by atoms with van der Waals surface area (Å²) in [4.78, 5) is 2.66. The van der Waals surface area contributed by atoms with Crippen molar-refractivity contribution >= 4 is 15.7 Å². The summed E-state index contributed by atoms with van der Waals surface area (Å²) in [5, 5.41) is 0. The van der Waals surface area contributed by atoms with Crippen molar-refractivity contribution in [3.8, 4) is 0 Å². The van der Waals surface area contributed by atoms with Gasteiger partial charge in [-0.25, -0.2) is 8.42 Å². The van der Waals surface area contributed by atoms with E-state index >= 15 is 0 Å². The van der Waals surface area contributed by atoms with Crippen molar-refractivity contribution in [2.75, 3.05) is 39.0 Å². The predicted octanol–water partition coefficient (Wildman–Crippen LogP) is 1.60. The Morgan fingerprint density at radius 2 is 1.86 bits per heavy atom. The lowest BCUT2D eigenvalue weighted by Gasteiger charge is -2.23. The number of likely N-dealkylation sites (N-methyl/N-ethyl adjacent to an activating group) is 1. The molecule has 1 aromatic carbocycles. The minimum Gasteiger partial charge on any atom is -0.398 e. The number of hydrogen-bond donors (Lipinski definition) is 1. The summed E-state index contributed by atoms with van der Waals surface area (Å²) < 4.78 is 27.0. The first kappa shape index (κ1) is 16.3. The summed E-state index contributed by atoms with van der Waals surface area (Å²) in [6, 6.07) is 3.53. The Hall–Kier alpha value is -1.11. The standard InChI is InChI=1S/C15H25N3O2S/c1-12-6-7-14(16)13(2)15(12)21(19,20)17(3)10-11-18-8-4-5-9-18/h6-7H,4-5,8-11,16H2,1-3H3. The summed E-state index contributed by atoms with van der Waals surface area (Å²) in [6.07, 6.45) is 2.42. The number of nitrogen functional groups attached to an aromatic ring is 1. The summed E-state index contributed by atoms with van der Waals surface area (Å²) in [6.45, 7) is 7.03. The van der Waals surface area contributed by atoms with E-state index in [-0.39, 0.29) is 0 Å². The molecule has 6 heteroatoms. The maximum Gasteiger partial charge on any atom is 0.243 e. The number of hydrogen-bond acceptors (Lipinski definition) is 4. The Balaban J connectivity index is 2.19. The second kappa shape index (κ2) is 6.34. The Kier molecular flexibility index (Phi) is 4.91. The monoisotopic (exact) mass is 311 g/mol. The number of rotatable bonds is 5. The highest BCUT2D eigenvalue weighted by atomic mass is 32.2. The predicted molar refractivity (Wildman–Crippen MR) is 85.8 cm³/mol. The highest BCUT2D eigenvalue weighted by Gasteiger charge is 2.26. The molecular weight excluding hydrogens is 286 g/mol. The van der Waals surface area contributed by atoms with Crippen LogP contribution in [0, 0.1) is 13.8 Å². The third-order valence-corrected chi connectivity index (χ3v) is 6.39. The van der Waals surface area contributed by atoms with E-state index in [1.54, 1.807) is 26.1 Å². The average Bonchev–Trinajstić information content (AvgIpc) is 2.93. The van der Waals surface area contributed by atoms with Crippen molar-refractivity contribution < 1.29 is 8.42 Å². The van der Waals surface area contributed by atoms with E-state index in [2.05, 4.69) is 4.90 Å². The molecule has 0 aliphatic carbocycles. The van der Waals surface area contributed by atoms with E-state index < -0.39 is 10.0 Å². The van der Waals surface area contributed by atoms with Gasteiger partial charge in [0.25, 0.3) is 0 Å². The lowest BCUT2D eigenvalue weighted by molar-refractivity contribution is 0.310. The van der Waals surface area contributed by atoms with Crippen LogP contribution >= 0.6 is 0 Å². The van der Waals surface area contributed by atoms with Crippen molar-refractivity contribution in [3.05, 3.63) is 23.3 Å². The first-order valence-electron chi connectivity index (χ1n) is 7.38. The van der Waals surface area contributed by atoms with E-state index in [9.17, 15) is 8.42 Å². The molecule has 1 saturated heterocycles. The van der Waals surface area contributed by atoms with Crippen LogP contribution < -0.4 is 5.73 Å². The van der Waals surface area contributed by atoms with Crippen LogP contribution in [0.15, 0.2) is 17.0 Å². The molecule has 0 spiro atoms. The molecule has 2 N–H and O–H groups in total. The number of benzene rings is 1. The molecule has 0 saturated carbocycles. The molecule has 1 heterocycles. The minimum atomic E-state index is -3.49. The molecule has 2 rings (SSSR count). The second-order valence-electron chi connectivity index (χ2n) is 5.80. The highest BCUT2D eigenvalue weighted by Crippen LogP contribution is 2.27. The van der Waals surface area contributed by atoms with Crippen molar-refractivity contribution in [1.82, 2.24) is 9.21 Å². The van der Waals surface area contributed by atoms with E-state index in [0.29, 0.717) is 22.7 Å². The number of sulfonamides is 1. The quantitative estimate of drug-likeness (QED) is 0.839. The van der Waals surface area contributed by atoms with Crippen LogP contribution in [-0.4, -0.2) is 50.8 Å². The minimum absolute atomic E-state index is 0.353. The van der Waals surface area contributed by atoms with Crippen molar-refractivity contribution in [1.29, 1.82) is 0 Å². The highest BCUT2D eigenvalue weighted by molar-refractivity contribution is 7.89. The molecule has 0 amide bonds. The first-order chi connectivity index (χ1) is 9.84.